The number of methoxy groups -OCH3 is 1. The predicted molar refractivity (Wildman–Crippen MR) is 123 cm³/mol. The van der Waals surface area contributed by atoms with Gasteiger partial charge in [0.15, 0.2) is 0 Å². The van der Waals surface area contributed by atoms with Gasteiger partial charge in [0.25, 0.3) is 0 Å². The molecule has 0 bridgehead atoms. The molecule has 0 unspecified atom stereocenters. The van der Waals surface area contributed by atoms with Gasteiger partial charge in [-0.2, -0.15) is 0 Å². The lowest BCUT2D eigenvalue weighted by molar-refractivity contribution is -0.0287. The second-order valence-corrected chi connectivity index (χ2v) is 10.8. The topological polar surface area (TPSA) is 68.1 Å². The highest BCUT2D eigenvalue weighted by Gasteiger charge is 2.58. The minimum absolute atomic E-state index is 0.0473. The number of benzene rings is 1. The zero-order chi connectivity index (χ0) is 22.5. The fourth-order valence-corrected chi connectivity index (χ4v) is 7.63. The number of oxime groups is 1. The highest BCUT2D eigenvalue weighted by molar-refractivity contribution is 5.92. The summed E-state index contributed by atoms with van der Waals surface area (Å²) in [7, 11) is 1.62. The van der Waals surface area contributed by atoms with Gasteiger partial charge < -0.3 is 14.7 Å². The van der Waals surface area contributed by atoms with Gasteiger partial charge in [-0.3, -0.25) is 0 Å². The van der Waals surface area contributed by atoms with Gasteiger partial charge in [0, 0.05) is 11.8 Å². The summed E-state index contributed by atoms with van der Waals surface area (Å²) in [6.07, 6.45) is 10.8. The average Bonchev–Trinajstić information content (AvgIpc) is 3.15. The Bertz CT molecular complexity index is 951. The molecule has 5 heteroatoms. The Morgan fingerprint density at radius 1 is 1.06 bits per heavy atom. The maximum absolute atomic E-state index is 12.7. The number of esters is 1. The first-order valence-corrected chi connectivity index (χ1v) is 12.1. The minimum atomic E-state index is -0.245. The molecule has 5 nitrogen and oxygen atoms in total. The Morgan fingerprint density at radius 3 is 2.50 bits per heavy atom. The molecule has 1 aromatic rings. The Hall–Kier alpha value is -2.30. The summed E-state index contributed by atoms with van der Waals surface area (Å²) in [6.45, 7) is 4.78. The fourth-order valence-electron chi connectivity index (χ4n) is 7.63. The molecule has 1 aromatic carbocycles. The molecule has 3 fully saturated rings. The number of hydrogen-bond acceptors (Lipinski definition) is 5. The van der Waals surface area contributed by atoms with Crippen molar-refractivity contribution in [3.8, 4) is 5.75 Å². The summed E-state index contributed by atoms with van der Waals surface area (Å²) in [5.41, 5.74) is 3.37. The van der Waals surface area contributed by atoms with Crippen LogP contribution in [0.4, 0.5) is 0 Å². The molecule has 0 heterocycles. The van der Waals surface area contributed by atoms with E-state index in [-0.39, 0.29) is 22.9 Å². The van der Waals surface area contributed by atoms with E-state index < -0.39 is 0 Å². The van der Waals surface area contributed by atoms with Crippen LogP contribution in [0.5, 0.6) is 5.75 Å². The number of fused-ring (bicyclic) bond motifs is 5. The fraction of sp³-hybridized carbons (Fsp3) is 0.630. The quantitative estimate of drug-likeness (QED) is 0.272. The number of hydrogen-bond donors (Lipinski definition) is 1. The van der Waals surface area contributed by atoms with Crippen LogP contribution in [0.1, 0.15) is 75.6 Å². The van der Waals surface area contributed by atoms with Crippen molar-refractivity contribution >= 4 is 11.7 Å². The maximum atomic E-state index is 12.7. The molecular weight excluding hydrogens is 402 g/mol. The third kappa shape index (κ3) is 3.27. The molecule has 32 heavy (non-hydrogen) atoms. The molecule has 0 amide bonds. The second-order valence-electron chi connectivity index (χ2n) is 10.8. The van der Waals surface area contributed by atoms with E-state index in [1.54, 1.807) is 31.4 Å². The molecule has 4 aliphatic carbocycles. The summed E-state index contributed by atoms with van der Waals surface area (Å²) in [6, 6.07) is 7.13. The van der Waals surface area contributed by atoms with Gasteiger partial charge in [-0.1, -0.05) is 30.7 Å². The summed E-state index contributed by atoms with van der Waals surface area (Å²) < 4.78 is 11.1. The van der Waals surface area contributed by atoms with Crippen LogP contribution in [-0.2, 0) is 4.74 Å². The van der Waals surface area contributed by atoms with Gasteiger partial charge in [0.2, 0.25) is 0 Å². The van der Waals surface area contributed by atoms with Crippen LogP contribution in [0.25, 0.3) is 0 Å². The number of ether oxygens (including phenoxy) is 2. The standard InChI is InChI=1S/C27H35NO4/c1-26-14-12-20(32-25(29)17-4-7-19(31-3)8-5-17)16-18(26)6-9-21-22-10-11-24(28-30)27(22,2)15-13-23(21)26/h4-8,20-23,30H,9-16H2,1-3H3/b28-24+/t20-,21-,22-,23-,26-,27-/m0/s1. The molecule has 1 N–H and O–H groups in total. The van der Waals surface area contributed by atoms with Crippen molar-refractivity contribution in [1.82, 2.24) is 0 Å². The lowest BCUT2D eigenvalue weighted by Gasteiger charge is -2.57. The van der Waals surface area contributed by atoms with E-state index in [4.69, 9.17) is 9.47 Å². The molecule has 4 aliphatic rings. The van der Waals surface area contributed by atoms with Crippen LogP contribution in [-0.4, -0.2) is 30.1 Å². The zero-order valence-corrected chi connectivity index (χ0v) is 19.5. The Balaban J connectivity index is 1.30. The molecule has 0 saturated heterocycles. The average molecular weight is 438 g/mol. The minimum Gasteiger partial charge on any atom is -0.497 e. The van der Waals surface area contributed by atoms with Crippen molar-refractivity contribution in [2.45, 2.75) is 71.3 Å². The lowest BCUT2D eigenvalue weighted by atomic mass is 9.48. The molecule has 5 rings (SSSR count). The van der Waals surface area contributed by atoms with E-state index in [1.165, 1.54) is 12.0 Å². The first-order chi connectivity index (χ1) is 15.4. The van der Waals surface area contributed by atoms with Crippen LogP contribution >= 0.6 is 0 Å². The van der Waals surface area contributed by atoms with E-state index in [0.717, 1.165) is 56.4 Å². The van der Waals surface area contributed by atoms with E-state index >= 15 is 0 Å². The van der Waals surface area contributed by atoms with Crippen molar-refractivity contribution < 1.29 is 19.5 Å². The maximum Gasteiger partial charge on any atom is 0.338 e. The van der Waals surface area contributed by atoms with Gasteiger partial charge in [0.1, 0.15) is 11.9 Å². The number of nitrogens with zero attached hydrogens (tertiary/aromatic N) is 1. The summed E-state index contributed by atoms with van der Waals surface area (Å²) in [5, 5.41) is 13.2. The van der Waals surface area contributed by atoms with Crippen molar-refractivity contribution in [2.24, 2.45) is 33.7 Å². The summed E-state index contributed by atoms with van der Waals surface area (Å²) in [5.74, 6) is 2.45. The third-order valence-electron chi connectivity index (χ3n) is 9.52. The van der Waals surface area contributed by atoms with Gasteiger partial charge in [-0.15, -0.1) is 0 Å². The third-order valence-corrected chi connectivity index (χ3v) is 9.52. The second kappa shape index (κ2) is 7.93. The number of carbonyl (C=O) groups excluding carboxylic acids is 1. The van der Waals surface area contributed by atoms with E-state index in [2.05, 4.69) is 25.1 Å². The number of rotatable bonds is 3. The van der Waals surface area contributed by atoms with Crippen LogP contribution < -0.4 is 4.74 Å². The molecular formula is C27H35NO4. The van der Waals surface area contributed by atoms with Crippen molar-refractivity contribution in [2.75, 3.05) is 7.11 Å². The highest BCUT2D eigenvalue weighted by Crippen LogP contribution is 2.64. The summed E-state index contributed by atoms with van der Waals surface area (Å²) in [4.78, 5) is 12.7. The Morgan fingerprint density at radius 2 is 1.78 bits per heavy atom. The van der Waals surface area contributed by atoms with Crippen molar-refractivity contribution in [3.05, 3.63) is 41.5 Å². The van der Waals surface area contributed by atoms with Gasteiger partial charge in [0.05, 0.1) is 18.4 Å². The van der Waals surface area contributed by atoms with Gasteiger partial charge in [-0.25, -0.2) is 4.79 Å². The molecule has 6 atom stereocenters. The Labute approximate surface area is 190 Å². The molecule has 0 radical (unpaired) electrons. The first kappa shape index (κ1) is 21.5. The molecule has 0 aliphatic heterocycles. The molecule has 0 spiro atoms. The SMILES string of the molecule is COc1ccc(C(=O)O[C@H]2CC[C@@]3(C)C(=CC[C@@H]4[C@@H]3CC[C@]3(C)/C(=N/O)CC[C@@H]43)C2)cc1. The largest absolute Gasteiger partial charge is 0.497 e. The zero-order valence-electron chi connectivity index (χ0n) is 19.5. The van der Waals surface area contributed by atoms with Gasteiger partial charge in [-0.05, 0) is 92.4 Å². The van der Waals surface area contributed by atoms with Gasteiger partial charge >= 0.3 is 5.97 Å². The number of carbonyl (C=O) groups is 1. The lowest BCUT2D eigenvalue weighted by Crippen LogP contribution is -2.50. The van der Waals surface area contributed by atoms with Crippen LogP contribution in [0.15, 0.2) is 41.1 Å². The predicted octanol–water partition coefficient (Wildman–Crippen LogP) is 6.01. The van der Waals surface area contributed by atoms with Crippen molar-refractivity contribution in [3.63, 3.8) is 0 Å². The first-order valence-electron chi connectivity index (χ1n) is 12.1. The normalized spacial score (nSPS) is 39.5. The number of allylic oxidation sites excluding steroid dienone is 1. The van der Waals surface area contributed by atoms with E-state index in [9.17, 15) is 10.0 Å². The van der Waals surface area contributed by atoms with E-state index in [0.29, 0.717) is 23.3 Å². The van der Waals surface area contributed by atoms with Crippen LogP contribution in [0, 0.1) is 28.6 Å². The van der Waals surface area contributed by atoms with E-state index in [1.807, 2.05) is 0 Å². The van der Waals surface area contributed by atoms with Crippen LogP contribution in [0.2, 0.25) is 0 Å². The highest BCUT2D eigenvalue weighted by atomic mass is 16.5. The smallest absolute Gasteiger partial charge is 0.338 e. The van der Waals surface area contributed by atoms with Crippen LogP contribution in [0.3, 0.4) is 0 Å². The van der Waals surface area contributed by atoms with Crippen molar-refractivity contribution in [1.29, 1.82) is 0 Å². The molecule has 0 aromatic heterocycles. The summed E-state index contributed by atoms with van der Waals surface area (Å²) >= 11 is 0. The Kier molecular flexibility index (Phi) is 5.34. The molecule has 3 saturated carbocycles. The molecule has 172 valence electrons. The monoisotopic (exact) mass is 437 g/mol.